The maximum atomic E-state index is 3.80. The molecule has 0 heterocycles. The van der Waals surface area contributed by atoms with Gasteiger partial charge in [-0.1, -0.05) is 38.7 Å². The molecule has 14 heavy (non-hydrogen) atoms. The number of hydrogen-bond acceptors (Lipinski definition) is 0. The first kappa shape index (κ1) is 14.7. The summed E-state index contributed by atoms with van der Waals surface area (Å²) in [6.45, 7) is 13.3. The molecular weight excluding hydrogens is 179 g/mol. The molecule has 0 amide bonds. The van der Waals surface area contributed by atoms with Crippen LogP contribution in [-0.2, 0) is 0 Å². The zero-order valence-electron chi connectivity index (χ0n) is 10.5. The van der Waals surface area contributed by atoms with Gasteiger partial charge in [0.1, 0.15) is 0 Å². The molecule has 4 atom stereocenters. The predicted octanol–water partition coefficient (Wildman–Crippen LogP) is 1.09. The van der Waals surface area contributed by atoms with E-state index in [0.29, 0.717) is 0 Å². The van der Waals surface area contributed by atoms with Gasteiger partial charge in [0.25, 0.3) is 0 Å². The second-order valence-electron chi connectivity index (χ2n) is 4.71. The van der Waals surface area contributed by atoms with E-state index in [1.165, 1.54) is 12.8 Å². The van der Waals surface area contributed by atoms with Crippen molar-refractivity contribution in [2.24, 2.45) is 23.7 Å². The minimum atomic E-state index is 0. The zero-order valence-corrected chi connectivity index (χ0v) is 12.5. The molecule has 0 spiro atoms. The largest absolute Gasteiger partial charge is 1.00 e. The van der Waals surface area contributed by atoms with Crippen LogP contribution in [0, 0.1) is 29.6 Å². The molecule has 0 aromatic carbocycles. The van der Waals surface area contributed by atoms with Gasteiger partial charge in [-0.2, -0.15) is 18.8 Å². The van der Waals surface area contributed by atoms with E-state index in [1.807, 2.05) is 0 Å². The van der Waals surface area contributed by atoms with E-state index in [0.717, 1.165) is 23.7 Å². The third-order valence-electron chi connectivity index (χ3n) is 4.25. The van der Waals surface area contributed by atoms with E-state index in [4.69, 9.17) is 0 Å². The molecule has 0 aliphatic heterocycles. The Morgan fingerprint density at radius 2 is 1.79 bits per heavy atom. The normalized spacial score (nSPS) is 38.0. The van der Waals surface area contributed by atoms with Crippen molar-refractivity contribution in [3.63, 3.8) is 0 Å². The summed E-state index contributed by atoms with van der Waals surface area (Å²) in [6, 6.07) is 0. The van der Waals surface area contributed by atoms with Gasteiger partial charge >= 0.3 is 29.6 Å². The van der Waals surface area contributed by atoms with E-state index < -0.39 is 0 Å². The molecule has 0 radical (unpaired) electrons. The summed E-state index contributed by atoms with van der Waals surface area (Å²) in [6.07, 6.45) is 4.56. The molecule has 0 saturated heterocycles. The minimum Gasteiger partial charge on any atom is -0.311 e. The van der Waals surface area contributed by atoms with Crippen molar-refractivity contribution in [3.8, 4) is 0 Å². The first-order chi connectivity index (χ1) is 6.09. The van der Waals surface area contributed by atoms with Crippen LogP contribution in [-0.4, -0.2) is 0 Å². The van der Waals surface area contributed by atoms with Crippen LogP contribution >= 0.6 is 0 Å². The van der Waals surface area contributed by atoms with Crippen LogP contribution in [0.15, 0.2) is 12.7 Å². The fourth-order valence-corrected chi connectivity index (χ4v) is 2.82. The molecule has 76 valence electrons. The molecule has 0 aromatic heterocycles. The average molecular weight is 202 g/mol. The fraction of sp³-hybridized carbons (Fsp3) is 0.769. The van der Waals surface area contributed by atoms with Crippen molar-refractivity contribution in [2.75, 3.05) is 0 Å². The third-order valence-corrected chi connectivity index (χ3v) is 4.25. The summed E-state index contributed by atoms with van der Waals surface area (Å²) >= 11 is 0. The summed E-state index contributed by atoms with van der Waals surface area (Å²) in [5.41, 5.74) is 0. The SMILES string of the molecule is C=CCCC1C(C)[C-](C)C(C)C1C.[Na+]. The molecule has 0 bridgehead atoms. The first-order valence-electron chi connectivity index (χ1n) is 5.53. The van der Waals surface area contributed by atoms with Crippen molar-refractivity contribution >= 4 is 0 Å². The van der Waals surface area contributed by atoms with E-state index in [2.05, 4.69) is 40.3 Å². The molecule has 1 rings (SSSR count). The maximum absolute atomic E-state index is 3.80. The predicted molar refractivity (Wildman–Crippen MR) is 59.3 cm³/mol. The second-order valence-corrected chi connectivity index (χ2v) is 4.71. The van der Waals surface area contributed by atoms with Gasteiger partial charge in [0.2, 0.25) is 0 Å². The number of hydrogen-bond donors (Lipinski definition) is 0. The van der Waals surface area contributed by atoms with E-state index in [-0.39, 0.29) is 29.6 Å². The summed E-state index contributed by atoms with van der Waals surface area (Å²) in [5, 5.41) is 0. The molecule has 1 aliphatic rings. The molecular formula is C13H23Na. The van der Waals surface area contributed by atoms with Gasteiger partial charge in [-0.25, -0.2) is 0 Å². The van der Waals surface area contributed by atoms with Crippen LogP contribution in [0.4, 0.5) is 0 Å². The van der Waals surface area contributed by atoms with Gasteiger partial charge in [0.15, 0.2) is 0 Å². The van der Waals surface area contributed by atoms with Crippen molar-refractivity contribution in [1.82, 2.24) is 0 Å². The van der Waals surface area contributed by atoms with Crippen molar-refractivity contribution in [3.05, 3.63) is 18.6 Å². The monoisotopic (exact) mass is 202 g/mol. The quantitative estimate of drug-likeness (QED) is 0.365. The standard InChI is InChI=1S/C13H23.Na/c1-6-7-8-13-11(4)9(2)10(3)12(13)5;/h6,9,11-13H,1,7-8H2,2-5H3;/q-1;+1. The van der Waals surface area contributed by atoms with Gasteiger partial charge in [0, 0.05) is 0 Å². The van der Waals surface area contributed by atoms with Crippen LogP contribution in [0.1, 0.15) is 40.5 Å². The Hall–Kier alpha value is 0.740. The summed E-state index contributed by atoms with van der Waals surface area (Å²) in [5.74, 6) is 5.12. The summed E-state index contributed by atoms with van der Waals surface area (Å²) in [4.78, 5) is 0. The summed E-state index contributed by atoms with van der Waals surface area (Å²) < 4.78 is 0. The fourth-order valence-electron chi connectivity index (χ4n) is 2.82. The van der Waals surface area contributed by atoms with Crippen LogP contribution < -0.4 is 29.6 Å². The molecule has 0 N–H and O–H groups in total. The molecule has 1 saturated carbocycles. The zero-order chi connectivity index (χ0) is 10.0. The van der Waals surface area contributed by atoms with Gasteiger partial charge in [-0.15, -0.1) is 6.58 Å². The average Bonchev–Trinajstić information content (AvgIpc) is 2.30. The molecule has 1 fully saturated rings. The Morgan fingerprint density at radius 1 is 1.21 bits per heavy atom. The van der Waals surface area contributed by atoms with Gasteiger partial charge in [0.05, 0.1) is 0 Å². The topological polar surface area (TPSA) is 0 Å². The minimum absolute atomic E-state index is 0. The number of allylic oxidation sites excluding steroid dienone is 1. The third kappa shape index (κ3) is 2.87. The first-order valence-corrected chi connectivity index (χ1v) is 5.53. The molecule has 0 aromatic rings. The Kier molecular flexibility index (Phi) is 6.69. The molecule has 4 unspecified atom stereocenters. The second kappa shape index (κ2) is 6.35. The molecule has 1 aliphatic carbocycles. The van der Waals surface area contributed by atoms with Crippen molar-refractivity contribution in [2.45, 2.75) is 40.5 Å². The smallest absolute Gasteiger partial charge is 0.311 e. The Balaban J connectivity index is 0.00000169. The van der Waals surface area contributed by atoms with Crippen LogP contribution in [0.3, 0.4) is 0 Å². The van der Waals surface area contributed by atoms with E-state index in [1.54, 1.807) is 5.92 Å². The van der Waals surface area contributed by atoms with Crippen LogP contribution in [0.25, 0.3) is 0 Å². The maximum Gasteiger partial charge on any atom is 1.00 e. The van der Waals surface area contributed by atoms with Gasteiger partial charge in [-0.05, 0) is 12.8 Å². The van der Waals surface area contributed by atoms with Crippen LogP contribution in [0.5, 0.6) is 0 Å². The Labute approximate surface area is 112 Å². The Bertz CT molecular complexity index is 162. The number of rotatable bonds is 3. The van der Waals surface area contributed by atoms with Crippen LogP contribution in [0.2, 0.25) is 0 Å². The Morgan fingerprint density at radius 3 is 2.14 bits per heavy atom. The van der Waals surface area contributed by atoms with Gasteiger partial charge in [-0.3, -0.25) is 0 Å². The molecule has 1 heteroatoms. The van der Waals surface area contributed by atoms with Crippen molar-refractivity contribution in [1.29, 1.82) is 0 Å². The summed E-state index contributed by atoms with van der Waals surface area (Å²) in [7, 11) is 0. The molecule has 0 nitrogen and oxygen atoms in total. The van der Waals surface area contributed by atoms with E-state index >= 15 is 0 Å². The van der Waals surface area contributed by atoms with Crippen molar-refractivity contribution < 1.29 is 29.6 Å². The van der Waals surface area contributed by atoms with Gasteiger partial charge < -0.3 is 5.92 Å². The van der Waals surface area contributed by atoms with E-state index in [9.17, 15) is 0 Å².